The van der Waals surface area contributed by atoms with Crippen molar-refractivity contribution in [1.29, 1.82) is 0 Å². The second kappa shape index (κ2) is 13.7. The molecule has 7 nitrogen and oxygen atoms in total. The SMILES string of the molecule is CC[C@H](C)NC(=O)[C@@H](Cc1ccccc1)N(Cc1cccc(Cl)c1)C(=O)CN(c1ccc(F)c(F)c1)S(C)(=O)=O. The number of nitrogens with one attached hydrogen (secondary N) is 1. The number of anilines is 1. The Balaban J connectivity index is 2.07. The van der Waals surface area contributed by atoms with Gasteiger partial charge >= 0.3 is 0 Å². The van der Waals surface area contributed by atoms with Crippen LogP contribution in [0, 0.1) is 11.6 Å². The maximum Gasteiger partial charge on any atom is 0.244 e. The first-order valence-corrected chi connectivity index (χ1v) is 14.9. The summed E-state index contributed by atoms with van der Waals surface area (Å²) in [5.41, 5.74) is 1.19. The van der Waals surface area contributed by atoms with Gasteiger partial charge in [-0.3, -0.25) is 13.9 Å². The average Bonchev–Trinajstić information content (AvgIpc) is 2.90. The minimum atomic E-state index is -4.11. The van der Waals surface area contributed by atoms with E-state index in [1.54, 1.807) is 24.3 Å². The summed E-state index contributed by atoms with van der Waals surface area (Å²) < 4.78 is 53.7. The number of carbonyl (C=O) groups excluding carboxylic acids is 2. The molecule has 0 aliphatic heterocycles. The third-order valence-corrected chi connectivity index (χ3v) is 7.76. The zero-order valence-electron chi connectivity index (χ0n) is 22.5. The molecule has 1 N–H and O–H groups in total. The molecule has 3 rings (SSSR count). The molecule has 40 heavy (non-hydrogen) atoms. The van der Waals surface area contributed by atoms with Gasteiger partial charge in [0.25, 0.3) is 0 Å². The van der Waals surface area contributed by atoms with Crippen LogP contribution in [0.5, 0.6) is 0 Å². The lowest BCUT2D eigenvalue weighted by molar-refractivity contribution is -0.140. The summed E-state index contributed by atoms with van der Waals surface area (Å²) in [6.07, 6.45) is 1.67. The molecule has 0 aliphatic rings. The molecular weight excluding hydrogens is 560 g/mol. The predicted octanol–water partition coefficient (Wildman–Crippen LogP) is 4.94. The molecule has 0 aromatic heterocycles. The van der Waals surface area contributed by atoms with Gasteiger partial charge in [0.15, 0.2) is 11.6 Å². The van der Waals surface area contributed by atoms with E-state index in [1.165, 1.54) is 4.90 Å². The maximum absolute atomic E-state index is 14.0. The summed E-state index contributed by atoms with van der Waals surface area (Å²) in [5, 5.41) is 3.35. The first-order valence-electron chi connectivity index (χ1n) is 12.7. The number of hydrogen-bond donors (Lipinski definition) is 1. The fourth-order valence-corrected chi connectivity index (χ4v) is 5.14. The van der Waals surface area contributed by atoms with E-state index < -0.39 is 46.1 Å². The molecule has 0 fully saturated rings. The Morgan fingerprint density at radius 2 is 1.62 bits per heavy atom. The van der Waals surface area contributed by atoms with Crippen molar-refractivity contribution in [3.63, 3.8) is 0 Å². The van der Waals surface area contributed by atoms with Crippen molar-refractivity contribution < 1.29 is 26.8 Å². The van der Waals surface area contributed by atoms with Gasteiger partial charge < -0.3 is 10.2 Å². The van der Waals surface area contributed by atoms with Gasteiger partial charge in [-0.05, 0) is 48.7 Å². The van der Waals surface area contributed by atoms with E-state index >= 15 is 0 Å². The standard InChI is InChI=1S/C29H32ClF2N3O4S/c1-4-20(2)33-29(37)27(16-21-9-6-5-7-10-21)34(18-22-11-8-12-23(30)15-22)28(36)19-35(40(3,38)39)24-13-14-25(31)26(32)17-24/h5-15,17,20,27H,4,16,18-19H2,1-3H3,(H,33,37)/t20-,27+/m0/s1. The Morgan fingerprint density at radius 3 is 2.23 bits per heavy atom. The summed E-state index contributed by atoms with van der Waals surface area (Å²) in [6, 6.07) is 17.3. The number of sulfonamides is 1. The topological polar surface area (TPSA) is 86.8 Å². The van der Waals surface area contributed by atoms with Gasteiger partial charge in [0.2, 0.25) is 21.8 Å². The van der Waals surface area contributed by atoms with Gasteiger partial charge in [-0.2, -0.15) is 0 Å². The van der Waals surface area contributed by atoms with Crippen molar-refractivity contribution in [3.05, 3.63) is 101 Å². The second-order valence-corrected chi connectivity index (χ2v) is 11.9. The molecule has 0 bridgehead atoms. The Hall–Kier alpha value is -3.50. The maximum atomic E-state index is 14.0. The lowest BCUT2D eigenvalue weighted by atomic mass is 10.0. The largest absolute Gasteiger partial charge is 0.352 e. The minimum Gasteiger partial charge on any atom is -0.352 e. The van der Waals surface area contributed by atoms with Crippen molar-refractivity contribution in [2.24, 2.45) is 0 Å². The first-order chi connectivity index (χ1) is 18.9. The first kappa shape index (κ1) is 31.0. The molecule has 3 aromatic carbocycles. The van der Waals surface area contributed by atoms with Gasteiger partial charge in [0, 0.05) is 30.1 Å². The average molecular weight is 592 g/mol. The predicted molar refractivity (Wildman–Crippen MR) is 152 cm³/mol. The molecule has 11 heteroatoms. The number of nitrogens with zero attached hydrogens (tertiary/aromatic N) is 2. The molecule has 0 heterocycles. The van der Waals surface area contributed by atoms with E-state index in [1.807, 2.05) is 44.2 Å². The number of benzene rings is 3. The van der Waals surface area contributed by atoms with Crippen molar-refractivity contribution in [2.45, 2.75) is 45.3 Å². The van der Waals surface area contributed by atoms with Crippen LogP contribution >= 0.6 is 11.6 Å². The molecular formula is C29H32ClF2N3O4S. The zero-order valence-corrected chi connectivity index (χ0v) is 24.1. The normalized spacial score (nSPS) is 12.8. The lowest BCUT2D eigenvalue weighted by Crippen LogP contribution is -2.54. The van der Waals surface area contributed by atoms with Crippen LogP contribution in [-0.4, -0.2) is 50.0 Å². The van der Waals surface area contributed by atoms with Gasteiger partial charge in [-0.15, -0.1) is 0 Å². The molecule has 2 atom stereocenters. The van der Waals surface area contributed by atoms with E-state index in [2.05, 4.69) is 5.32 Å². The molecule has 214 valence electrons. The molecule has 0 unspecified atom stereocenters. The molecule has 0 aliphatic carbocycles. The number of carbonyl (C=O) groups is 2. The summed E-state index contributed by atoms with van der Waals surface area (Å²) in [6.45, 7) is 2.96. The van der Waals surface area contributed by atoms with Crippen LogP contribution in [0.15, 0.2) is 72.8 Å². The molecule has 0 radical (unpaired) electrons. The van der Waals surface area contributed by atoms with Crippen LogP contribution in [0.3, 0.4) is 0 Å². The molecule has 0 saturated heterocycles. The number of amides is 2. The van der Waals surface area contributed by atoms with Gasteiger partial charge in [0.05, 0.1) is 11.9 Å². The Bertz CT molecular complexity index is 1440. The van der Waals surface area contributed by atoms with Crippen LogP contribution in [-0.2, 0) is 32.6 Å². The Labute approximate surface area is 238 Å². The van der Waals surface area contributed by atoms with Gasteiger partial charge in [0.1, 0.15) is 12.6 Å². The summed E-state index contributed by atoms with van der Waals surface area (Å²) in [7, 11) is -4.11. The van der Waals surface area contributed by atoms with Crippen LogP contribution < -0.4 is 9.62 Å². The van der Waals surface area contributed by atoms with Crippen molar-refractivity contribution >= 4 is 39.1 Å². The zero-order chi connectivity index (χ0) is 29.4. The van der Waals surface area contributed by atoms with Crippen LogP contribution in [0.4, 0.5) is 14.5 Å². The van der Waals surface area contributed by atoms with Gasteiger partial charge in [-0.25, -0.2) is 17.2 Å². The lowest BCUT2D eigenvalue weighted by Gasteiger charge is -2.34. The Kier molecular flexibility index (Phi) is 10.6. The van der Waals surface area contributed by atoms with E-state index in [9.17, 15) is 26.8 Å². The fraction of sp³-hybridized carbons (Fsp3) is 0.310. The van der Waals surface area contributed by atoms with Crippen LogP contribution in [0.2, 0.25) is 5.02 Å². The number of rotatable bonds is 12. The number of halogens is 3. The quantitative estimate of drug-likeness (QED) is 0.323. The van der Waals surface area contributed by atoms with Crippen LogP contribution in [0.1, 0.15) is 31.4 Å². The van der Waals surface area contributed by atoms with Gasteiger partial charge in [-0.1, -0.05) is 61.0 Å². The van der Waals surface area contributed by atoms with E-state index in [-0.39, 0.29) is 24.7 Å². The third-order valence-electron chi connectivity index (χ3n) is 6.38. The van der Waals surface area contributed by atoms with Crippen molar-refractivity contribution in [2.75, 3.05) is 17.1 Å². The highest BCUT2D eigenvalue weighted by atomic mass is 35.5. The second-order valence-electron chi connectivity index (χ2n) is 9.54. The monoisotopic (exact) mass is 591 g/mol. The highest BCUT2D eigenvalue weighted by molar-refractivity contribution is 7.92. The molecule has 0 saturated carbocycles. The minimum absolute atomic E-state index is 0.0554. The molecule has 3 aromatic rings. The third kappa shape index (κ3) is 8.50. The van der Waals surface area contributed by atoms with E-state index in [0.29, 0.717) is 27.4 Å². The number of hydrogen-bond acceptors (Lipinski definition) is 4. The smallest absolute Gasteiger partial charge is 0.244 e. The van der Waals surface area contributed by atoms with E-state index in [0.717, 1.165) is 24.0 Å². The highest BCUT2D eigenvalue weighted by Gasteiger charge is 2.33. The fourth-order valence-electron chi connectivity index (χ4n) is 4.08. The van der Waals surface area contributed by atoms with E-state index in [4.69, 9.17) is 11.6 Å². The summed E-state index contributed by atoms with van der Waals surface area (Å²) in [4.78, 5) is 28.8. The summed E-state index contributed by atoms with van der Waals surface area (Å²) in [5.74, 6) is -3.54. The highest BCUT2D eigenvalue weighted by Crippen LogP contribution is 2.23. The summed E-state index contributed by atoms with van der Waals surface area (Å²) >= 11 is 6.18. The molecule has 0 spiro atoms. The van der Waals surface area contributed by atoms with Crippen LogP contribution in [0.25, 0.3) is 0 Å². The Morgan fingerprint density at radius 1 is 0.950 bits per heavy atom. The molecule has 2 amide bonds. The van der Waals surface area contributed by atoms with Crippen molar-refractivity contribution in [1.82, 2.24) is 10.2 Å². The van der Waals surface area contributed by atoms with Crippen molar-refractivity contribution in [3.8, 4) is 0 Å².